The third kappa shape index (κ3) is 7.47. The van der Waals surface area contributed by atoms with Crippen molar-refractivity contribution in [2.24, 2.45) is 16.9 Å². The molecule has 1 heterocycles. The summed E-state index contributed by atoms with van der Waals surface area (Å²) in [6, 6.07) is 15.7. The van der Waals surface area contributed by atoms with Crippen molar-refractivity contribution in [3.63, 3.8) is 0 Å². The van der Waals surface area contributed by atoms with E-state index < -0.39 is 17.3 Å². The van der Waals surface area contributed by atoms with Crippen LogP contribution in [0.1, 0.15) is 68.0 Å². The van der Waals surface area contributed by atoms with Gasteiger partial charge in [-0.25, -0.2) is 4.79 Å². The quantitative estimate of drug-likeness (QED) is 0.390. The highest BCUT2D eigenvalue weighted by Crippen LogP contribution is 2.42. The molecule has 0 spiro atoms. The summed E-state index contributed by atoms with van der Waals surface area (Å²) in [6.07, 6.45) is 0.686. The predicted molar refractivity (Wildman–Crippen MR) is 155 cm³/mol. The van der Waals surface area contributed by atoms with Crippen LogP contribution in [0.3, 0.4) is 0 Å². The van der Waals surface area contributed by atoms with E-state index in [1.165, 1.54) is 11.8 Å². The smallest absolute Gasteiger partial charge is 0.404 e. The molecular formula is C30H37N5O4S. The molecule has 10 heteroatoms. The lowest BCUT2D eigenvalue weighted by Crippen LogP contribution is -2.43. The van der Waals surface area contributed by atoms with Gasteiger partial charge in [0.2, 0.25) is 5.91 Å². The topological polar surface area (TPSA) is 155 Å². The Morgan fingerprint density at radius 1 is 1.10 bits per heavy atom. The van der Waals surface area contributed by atoms with Crippen LogP contribution >= 0.6 is 11.8 Å². The molecule has 1 fully saturated rings. The molecule has 3 rings (SSSR count). The normalized spacial score (nSPS) is 15.5. The van der Waals surface area contributed by atoms with E-state index in [4.69, 9.17) is 20.9 Å². The van der Waals surface area contributed by atoms with Gasteiger partial charge in [-0.2, -0.15) is 10.5 Å². The van der Waals surface area contributed by atoms with E-state index in [0.717, 1.165) is 11.3 Å². The van der Waals surface area contributed by atoms with Crippen molar-refractivity contribution in [3.05, 3.63) is 58.7 Å². The van der Waals surface area contributed by atoms with Gasteiger partial charge >= 0.3 is 6.09 Å². The fraction of sp³-hybridized carbons (Fsp3) is 0.467. The van der Waals surface area contributed by atoms with Crippen LogP contribution in [0, 0.1) is 28.1 Å². The Labute approximate surface area is 240 Å². The number of nitrogens with two attached hydrogens (primary N) is 2. The molecule has 0 radical (unpaired) electrons. The predicted octanol–water partition coefficient (Wildman–Crippen LogP) is 4.81. The van der Waals surface area contributed by atoms with Crippen LogP contribution in [0.4, 0.5) is 10.5 Å². The summed E-state index contributed by atoms with van der Waals surface area (Å²) >= 11 is 1.24. The van der Waals surface area contributed by atoms with E-state index in [9.17, 15) is 20.1 Å². The van der Waals surface area contributed by atoms with Crippen molar-refractivity contribution in [3.8, 4) is 12.1 Å². The monoisotopic (exact) mass is 563 g/mol. The number of amides is 2. The lowest BCUT2D eigenvalue weighted by Gasteiger charge is -2.39. The van der Waals surface area contributed by atoms with Gasteiger partial charge in [-0.05, 0) is 41.9 Å². The Morgan fingerprint density at radius 3 is 2.23 bits per heavy atom. The van der Waals surface area contributed by atoms with Gasteiger partial charge in [0.15, 0.2) is 0 Å². The summed E-state index contributed by atoms with van der Waals surface area (Å²) in [5.74, 6) is -0.504. The van der Waals surface area contributed by atoms with Gasteiger partial charge in [0.05, 0.1) is 29.0 Å². The van der Waals surface area contributed by atoms with Gasteiger partial charge in [-0.3, -0.25) is 4.79 Å². The number of nitriles is 2. The third-order valence-corrected chi connectivity index (χ3v) is 8.35. The fourth-order valence-electron chi connectivity index (χ4n) is 4.80. The minimum Gasteiger partial charge on any atom is -0.447 e. The molecule has 0 saturated carbocycles. The molecule has 2 aromatic rings. The van der Waals surface area contributed by atoms with E-state index in [-0.39, 0.29) is 24.2 Å². The fourth-order valence-corrected chi connectivity index (χ4v) is 5.93. The number of thioether (sulfide) groups is 1. The van der Waals surface area contributed by atoms with Crippen molar-refractivity contribution in [2.45, 2.75) is 69.3 Å². The van der Waals surface area contributed by atoms with Crippen molar-refractivity contribution in [2.75, 3.05) is 24.6 Å². The number of carbonyl (C=O) groups is 2. The van der Waals surface area contributed by atoms with Gasteiger partial charge in [0, 0.05) is 18.0 Å². The first kappa shape index (κ1) is 30.8. The molecule has 0 aliphatic carbocycles. The summed E-state index contributed by atoms with van der Waals surface area (Å²) in [7, 11) is 0. The van der Waals surface area contributed by atoms with E-state index in [1.807, 2.05) is 64.1 Å². The van der Waals surface area contributed by atoms with Crippen molar-refractivity contribution < 1.29 is 19.1 Å². The van der Waals surface area contributed by atoms with Crippen molar-refractivity contribution in [1.82, 2.24) is 0 Å². The number of carbonyl (C=O) groups excluding carboxylic acids is 2. The summed E-state index contributed by atoms with van der Waals surface area (Å²) in [5, 5.41) is 19.5. The number of hydrogen-bond acceptors (Lipinski definition) is 8. The van der Waals surface area contributed by atoms with Crippen molar-refractivity contribution in [1.29, 1.82) is 10.5 Å². The standard InChI is InChI=1S/C30H37N5O4S/c1-5-21-22(16-31)24(15-25(23(21)17-32)40-27(28(33)36)19-9-7-6-8-10-19)35-13-11-20(12-14-35)39-26(30(2,3)4)18-38-29(34)37/h6-10,15,20,26-27H,5,11-14,18H2,1-4H3,(H2,33,36)(H2,34,37). The Morgan fingerprint density at radius 2 is 1.73 bits per heavy atom. The average molecular weight is 564 g/mol. The molecule has 2 aromatic carbocycles. The number of nitrogens with zero attached hydrogens (tertiary/aromatic N) is 3. The molecule has 2 atom stereocenters. The number of primary amides is 2. The van der Waals surface area contributed by atoms with Crippen LogP contribution in [-0.4, -0.2) is 43.9 Å². The van der Waals surface area contributed by atoms with Gasteiger partial charge in [-0.1, -0.05) is 58.0 Å². The first-order chi connectivity index (χ1) is 19.0. The summed E-state index contributed by atoms with van der Waals surface area (Å²) in [4.78, 5) is 26.4. The molecule has 4 N–H and O–H groups in total. The van der Waals surface area contributed by atoms with Crippen LogP contribution in [0.2, 0.25) is 0 Å². The largest absolute Gasteiger partial charge is 0.447 e. The zero-order valence-electron chi connectivity index (χ0n) is 23.5. The highest BCUT2D eigenvalue weighted by Gasteiger charge is 2.32. The lowest BCUT2D eigenvalue weighted by atomic mass is 9.89. The first-order valence-electron chi connectivity index (χ1n) is 13.3. The Bertz CT molecular complexity index is 1290. The van der Waals surface area contributed by atoms with Crippen LogP contribution in [0.5, 0.6) is 0 Å². The molecule has 2 amide bonds. The zero-order valence-corrected chi connectivity index (χ0v) is 24.3. The van der Waals surface area contributed by atoms with Gasteiger partial charge in [0.1, 0.15) is 24.0 Å². The Hall–Kier alpha value is -3.73. The van der Waals surface area contributed by atoms with Gasteiger partial charge in [0.25, 0.3) is 0 Å². The third-order valence-electron chi connectivity index (χ3n) is 7.04. The Kier molecular flexibility index (Phi) is 10.4. The van der Waals surface area contributed by atoms with E-state index in [2.05, 4.69) is 17.0 Å². The molecule has 212 valence electrons. The SMILES string of the molecule is CCc1c(C#N)c(SC(C(N)=O)c2ccccc2)cc(N2CCC(OC(COC(N)=O)C(C)(C)C)CC2)c1C#N. The molecule has 1 aliphatic rings. The molecule has 1 aliphatic heterocycles. The molecule has 1 saturated heterocycles. The highest BCUT2D eigenvalue weighted by atomic mass is 32.2. The second-order valence-corrected chi connectivity index (χ2v) is 12.0. The maximum Gasteiger partial charge on any atom is 0.404 e. The number of anilines is 1. The second-order valence-electron chi connectivity index (χ2n) is 10.8. The molecule has 0 bridgehead atoms. The van der Waals surface area contributed by atoms with E-state index in [1.54, 1.807) is 0 Å². The maximum atomic E-state index is 12.5. The molecule has 2 unspecified atom stereocenters. The van der Waals surface area contributed by atoms with E-state index in [0.29, 0.717) is 53.9 Å². The van der Waals surface area contributed by atoms with Gasteiger partial charge < -0.3 is 25.8 Å². The lowest BCUT2D eigenvalue weighted by molar-refractivity contribution is -0.117. The van der Waals surface area contributed by atoms with Crippen LogP contribution < -0.4 is 16.4 Å². The number of ether oxygens (including phenoxy) is 2. The summed E-state index contributed by atoms with van der Waals surface area (Å²) in [6.45, 7) is 9.32. The zero-order chi connectivity index (χ0) is 29.4. The minimum absolute atomic E-state index is 0.0577. The molecule has 9 nitrogen and oxygen atoms in total. The summed E-state index contributed by atoms with van der Waals surface area (Å²) in [5.41, 5.74) is 13.7. The number of piperidine rings is 1. The van der Waals surface area contributed by atoms with Crippen LogP contribution in [0.15, 0.2) is 41.3 Å². The maximum absolute atomic E-state index is 12.5. The number of hydrogen-bond donors (Lipinski definition) is 2. The van der Waals surface area contributed by atoms with E-state index >= 15 is 0 Å². The molecule has 0 aromatic heterocycles. The second kappa shape index (κ2) is 13.6. The first-order valence-corrected chi connectivity index (χ1v) is 14.2. The minimum atomic E-state index is -0.830. The Balaban J connectivity index is 1.89. The highest BCUT2D eigenvalue weighted by molar-refractivity contribution is 8.00. The van der Waals surface area contributed by atoms with Crippen molar-refractivity contribution >= 4 is 29.4 Å². The number of rotatable bonds is 10. The molecular weight excluding hydrogens is 526 g/mol. The summed E-state index contributed by atoms with van der Waals surface area (Å²) < 4.78 is 11.4. The van der Waals surface area contributed by atoms with Gasteiger partial charge in [-0.15, -0.1) is 11.8 Å². The molecule has 40 heavy (non-hydrogen) atoms. The number of benzene rings is 2. The van der Waals surface area contributed by atoms with Crippen LogP contribution in [-0.2, 0) is 20.7 Å². The van der Waals surface area contributed by atoms with Crippen LogP contribution in [0.25, 0.3) is 0 Å². The average Bonchev–Trinajstić information content (AvgIpc) is 2.92.